The maximum atomic E-state index is 9.34. The number of fused-ring (bicyclic) bond motifs is 4. The fourth-order valence-corrected chi connectivity index (χ4v) is 3.10. The first kappa shape index (κ1) is 18.4. The summed E-state index contributed by atoms with van der Waals surface area (Å²) < 4.78 is 0. The molecule has 3 heterocycles. The van der Waals surface area contributed by atoms with Crippen molar-refractivity contribution in [2.24, 2.45) is 0 Å². The molecule has 5 rings (SSSR count). The minimum absolute atomic E-state index is 0. The fourth-order valence-electron chi connectivity index (χ4n) is 3.10. The molecule has 132 valence electrons. The number of allylic oxidation sites excluding steroid dienone is 1. The Morgan fingerprint density at radius 2 is 1.96 bits per heavy atom. The first-order valence-corrected chi connectivity index (χ1v) is 8.42. The number of hydrogen-bond acceptors (Lipinski definition) is 3. The van der Waals surface area contributed by atoms with Crippen LogP contribution in [0.3, 0.4) is 0 Å². The molecule has 0 saturated heterocycles. The van der Waals surface area contributed by atoms with E-state index in [4.69, 9.17) is 0 Å². The van der Waals surface area contributed by atoms with Gasteiger partial charge in [0.25, 0.3) is 0 Å². The number of benzene rings is 2. The molecule has 0 amide bonds. The van der Waals surface area contributed by atoms with E-state index in [1.165, 1.54) is 12.0 Å². The second-order valence-electron chi connectivity index (χ2n) is 5.99. The third-order valence-electron chi connectivity index (χ3n) is 4.33. The van der Waals surface area contributed by atoms with Crippen LogP contribution >= 0.6 is 0 Å². The Bertz CT molecular complexity index is 960. The summed E-state index contributed by atoms with van der Waals surface area (Å²) in [4.78, 5) is 6.65. The molecule has 26 heavy (non-hydrogen) atoms. The van der Waals surface area contributed by atoms with Crippen molar-refractivity contribution >= 4 is 22.5 Å². The maximum absolute atomic E-state index is 9.34. The molecule has 3 aromatic rings. The Kier molecular flexibility index (Phi) is 5.90. The SMILES string of the molecule is Oc1cccc2ccc[c-]c12.[C-]1=C2c3ncccc3C=CN2CCC1.[Pt+2]. The summed E-state index contributed by atoms with van der Waals surface area (Å²) in [6, 6.07) is 18.1. The Labute approximate surface area is 168 Å². The van der Waals surface area contributed by atoms with E-state index in [1.807, 2.05) is 36.5 Å². The molecule has 2 aromatic carbocycles. The Hall–Kier alpha value is -2.38. The fraction of sp³-hybridized carbons (Fsp3) is 0.136. The molecule has 2 aliphatic rings. The summed E-state index contributed by atoms with van der Waals surface area (Å²) in [6.45, 7) is 1.09. The van der Waals surface area contributed by atoms with Crippen LogP contribution in [0.4, 0.5) is 0 Å². The van der Waals surface area contributed by atoms with E-state index in [2.05, 4.69) is 40.4 Å². The Morgan fingerprint density at radius 3 is 2.85 bits per heavy atom. The van der Waals surface area contributed by atoms with Crippen molar-refractivity contribution in [2.75, 3.05) is 6.54 Å². The maximum Gasteiger partial charge on any atom is 2.00 e. The second-order valence-corrected chi connectivity index (χ2v) is 5.99. The minimum atomic E-state index is 0. The number of rotatable bonds is 0. The normalized spacial score (nSPS) is 14.3. The van der Waals surface area contributed by atoms with Crippen molar-refractivity contribution < 1.29 is 26.2 Å². The van der Waals surface area contributed by atoms with Crippen LogP contribution in [0.2, 0.25) is 0 Å². The largest absolute Gasteiger partial charge is 2.00 e. The summed E-state index contributed by atoms with van der Waals surface area (Å²) in [5, 5.41) is 11.1. The monoisotopic (exact) mass is 521 g/mol. The summed E-state index contributed by atoms with van der Waals surface area (Å²) in [6.07, 6.45) is 11.7. The molecule has 0 saturated carbocycles. The van der Waals surface area contributed by atoms with E-state index in [0.717, 1.165) is 35.1 Å². The van der Waals surface area contributed by atoms with Crippen molar-refractivity contribution in [3.63, 3.8) is 0 Å². The average molecular weight is 521 g/mol. The van der Waals surface area contributed by atoms with Gasteiger partial charge in [0.05, 0.1) is 0 Å². The van der Waals surface area contributed by atoms with E-state index in [1.54, 1.807) is 12.1 Å². The molecule has 1 N–H and O–H groups in total. The van der Waals surface area contributed by atoms with Gasteiger partial charge < -0.3 is 15.0 Å². The minimum Gasteiger partial charge on any atom is -0.551 e. The number of phenolic OH excluding ortho intramolecular Hbond substituents is 1. The van der Waals surface area contributed by atoms with Gasteiger partial charge in [0.1, 0.15) is 0 Å². The first-order chi connectivity index (χ1) is 12.3. The van der Waals surface area contributed by atoms with Gasteiger partial charge in [-0.1, -0.05) is 41.6 Å². The van der Waals surface area contributed by atoms with Gasteiger partial charge in [-0.3, -0.25) is 0 Å². The van der Waals surface area contributed by atoms with Crippen LogP contribution < -0.4 is 0 Å². The molecule has 4 heteroatoms. The van der Waals surface area contributed by atoms with Crippen LogP contribution in [-0.4, -0.2) is 21.5 Å². The van der Waals surface area contributed by atoms with Gasteiger partial charge in [-0.15, -0.1) is 47.2 Å². The van der Waals surface area contributed by atoms with Crippen LogP contribution in [0.1, 0.15) is 24.1 Å². The van der Waals surface area contributed by atoms with Gasteiger partial charge in [0, 0.05) is 18.5 Å². The molecule has 0 spiro atoms. The van der Waals surface area contributed by atoms with E-state index < -0.39 is 0 Å². The van der Waals surface area contributed by atoms with Crippen LogP contribution in [-0.2, 0) is 21.1 Å². The molecule has 0 radical (unpaired) electrons. The zero-order chi connectivity index (χ0) is 17.1. The molecule has 1 aromatic heterocycles. The van der Waals surface area contributed by atoms with Crippen molar-refractivity contribution in [3.8, 4) is 5.75 Å². The molecule has 3 nitrogen and oxygen atoms in total. The summed E-state index contributed by atoms with van der Waals surface area (Å²) in [7, 11) is 0. The molecule has 0 atom stereocenters. The third kappa shape index (κ3) is 3.73. The van der Waals surface area contributed by atoms with Crippen molar-refractivity contribution in [2.45, 2.75) is 12.8 Å². The number of pyridine rings is 1. The average Bonchev–Trinajstić information content (AvgIpc) is 2.69. The van der Waals surface area contributed by atoms with E-state index in [0.29, 0.717) is 5.75 Å². The van der Waals surface area contributed by atoms with Gasteiger partial charge in [0.2, 0.25) is 0 Å². The smallest absolute Gasteiger partial charge is 0.551 e. The van der Waals surface area contributed by atoms with E-state index in [-0.39, 0.29) is 21.1 Å². The standard InChI is InChI=1S/C12H11N2.C10H7O.Pt/c1-2-8-14-9-6-10-4-3-7-13-12(10)11(14)5-1;11-10-7-3-5-8-4-1-2-6-9(8)10;/h3-4,6-7,9H,1-2,8H2;1-5,7,11H;/q2*-1;+2. The van der Waals surface area contributed by atoms with Crippen LogP contribution in [0.5, 0.6) is 5.75 Å². The number of aromatic nitrogens is 1. The molecule has 0 fully saturated rings. The number of phenols is 1. The molecule has 0 bridgehead atoms. The van der Waals surface area contributed by atoms with Crippen molar-refractivity contribution in [1.82, 2.24) is 9.88 Å². The number of hydrogen-bond donors (Lipinski definition) is 1. The van der Waals surface area contributed by atoms with Gasteiger partial charge in [-0.25, -0.2) is 6.08 Å². The van der Waals surface area contributed by atoms with Crippen LogP contribution in [0, 0.1) is 12.1 Å². The van der Waals surface area contributed by atoms with Crippen LogP contribution in [0.15, 0.2) is 60.9 Å². The number of nitrogens with zero attached hydrogens (tertiary/aromatic N) is 2. The van der Waals surface area contributed by atoms with E-state index in [9.17, 15) is 5.11 Å². The summed E-state index contributed by atoms with van der Waals surface area (Å²) in [5.41, 5.74) is 3.44. The summed E-state index contributed by atoms with van der Waals surface area (Å²) >= 11 is 0. The topological polar surface area (TPSA) is 36.4 Å². The first-order valence-electron chi connectivity index (χ1n) is 8.42. The molecular formula is C22H18N2OPt. The predicted octanol–water partition coefficient (Wildman–Crippen LogP) is 4.65. The Balaban J connectivity index is 0.000000149. The second kappa shape index (κ2) is 8.33. The van der Waals surface area contributed by atoms with Gasteiger partial charge in [-0.2, -0.15) is 0 Å². The Morgan fingerprint density at radius 1 is 1.08 bits per heavy atom. The third-order valence-corrected chi connectivity index (χ3v) is 4.33. The molecule has 0 unspecified atom stereocenters. The molecule has 2 aliphatic heterocycles. The molecular weight excluding hydrogens is 503 g/mol. The zero-order valence-electron chi connectivity index (χ0n) is 14.1. The van der Waals surface area contributed by atoms with Crippen molar-refractivity contribution in [3.05, 3.63) is 84.3 Å². The van der Waals surface area contributed by atoms with Crippen molar-refractivity contribution in [1.29, 1.82) is 0 Å². The van der Waals surface area contributed by atoms with Crippen LogP contribution in [0.25, 0.3) is 22.5 Å². The van der Waals surface area contributed by atoms with Gasteiger partial charge in [-0.05, 0) is 18.7 Å². The van der Waals surface area contributed by atoms with E-state index >= 15 is 0 Å². The van der Waals surface area contributed by atoms with Gasteiger partial charge >= 0.3 is 21.1 Å². The predicted molar refractivity (Wildman–Crippen MR) is 100 cm³/mol. The van der Waals surface area contributed by atoms with Gasteiger partial charge in [0.15, 0.2) is 0 Å². The number of aromatic hydroxyl groups is 1. The molecule has 0 aliphatic carbocycles. The quantitative estimate of drug-likeness (QED) is 0.438. The summed E-state index contributed by atoms with van der Waals surface area (Å²) in [5.74, 6) is 0.295. The zero-order valence-corrected chi connectivity index (χ0v) is 16.4.